The van der Waals surface area contributed by atoms with E-state index in [0.29, 0.717) is 44.2 Å². The normalized spacial score (nSPS) is 14.0. The summed E-state index contributed by atoms with van der Waals surface area (Å²) in [5.41, 5.74) is 0.638. The summed E-state index contributed by atoms with van der Waals surface area (Å²) in [6.45, 7) is 4.13. The van der Waals surface area contributed by atoms with E-state index in [2.05, 4.69) is 5.32 Å². The summed E-state index contributed by atoms with van der Waals surface area (Å²) in [7, 11) is 3.28. The molecular weight excluding hydrogens is 364 g/mol. The third-order valence-electron chi connectivity index (χ3n) is 4.33. The first kappa shape index (κ1) is 21.5. The molecule has 1 heterocycles. The minimum Gasteiger partial charge on any atom is -0.497 e. The first-order valence-electron chi connectivity index (χ1n) is 9.24. The van der Waals surface area contributed by atoms with E-state index < -0.39 is 0 Å². The number of ether oxygens (including phenoxy) is 2. The monoisotopic (exact) mass is 392 g/mol. The molecule has 0 aromatic heterocycles. The summed E-state index contributed by atoms with van der Waals surface area (Å²) in [5.74, 6) is 0.374. The zero-order valence-corrected chi connectivity index (χ0v) is 16.6. The fourth-order valence-corrected chi connectivity index (χ4v) is 2.89. The molecule has 0 unspecified atom stereocenters. The molecule has 1 aliphatic rings. The van der Waals surface area contributed by atoms with E-state index in [1.54, 1.807) is 60.0 Å². The van der Waals surface area contributed by atoms with Gasteiger partial charge in [0.05, 0.1) is 26.8 Å². The number of nitrogens with zero attached hydrogens (tertiary/aromatic N) is 3. The number of likely N-dealkylation sites (N-methyl/N-ethyl adjacent to an activating group) is 1. The van der Waals surface area contributed by atoms with Gasteiger partial charge in [0.15, 0.2) is 0 Å². The molecule has 1 N–H and O–H groups in total. The van der Waals surface area contributed by atoms with E-state index in [1.165, 1.54) is 0 Å². The molecule has 1 fully saturated rings. The topological polar surface area (TPSA) is 91.4 Å². The molecule has 0 aliphatic carbocycles. The number of methoxy groups -OCH3 is 1. The van der Waals surface area contributed by atoms with Gasteiger partial charge in [0, 0.05) is 37.9 Å². The molecule has 0 spiro atoms. The number of piperazine rings is 1. The molecule has 0 saturated carbocycles. The number of nitrogens with one attached hydrogen (secondary N) is 1. The third kappa shape index (κ3) is 6.41. The predicted octanol–water partition coefficient (Wildman–Crippen LogP) is 0.866. The van der Waals surface area contributed by atoms with Crippen LogP contribution in [-0.4, -0.2) is 92.6 Å². The molecule has 0 radical (unpaired) electrons. The van der Waals surface area contributed by atoms with Crippen molar-refractivity contribution in [2.24, 2.45) is 0 Å². The molecule has 2 rings (SSSR count). The largest absolute Gasteiger partial charge is 0.497 e. The highest BCUT2D eigenvalue weighted by atomic mass is 16.6. The van der Waals surface area contributed by atoms with Crippen molar-refractivity contribution in [3.05, 3.63) is 24.3 Å². The standard InChI is InChI=1S/C19H28N4O5/c1-4-28-19(26)23-10-8-22(9-11-23)18(25)14-21(2)13-17(24)20-15-6-5-7-16(12-15)27-3/h5-7,12H,4,8-11,13-14H2,1-3H3,(H,20,24). The van der Waals surface area contributed by atoms with E-state index in [-0.39, 0.29) is 31.0 Å². The molecule has 3 amide bonds. The van der Waals surface area contributed by atoms with Gasteiger partial charge in [0.25, 0.3) is 0 Å². The van der Waals surface area contributed by atoms with Crippen LogP contribution >= 0.6 is 0 Å². The van der Waals surface area contributed by atoms with E-state index in [4.69, 9.17) is 9.47 Å². The van der Waals surface area contributed by atoms with E-state index >= 15 is 0 Å². The van der Waals surface area contributed by atoms with Crippen molar-refractivity contribution in [1.29, 1.82) is 0 Å². The number of amides is 3. The smallest absolute Gasteiger partial charge is 0.409 e. The zero-order chi connectivity index (χ0) is 20.5. The van der Waals surface area contributed by atoms with Crippen LogP contribution in [0.5, 0.6) is 5.75 Å². The van der Waals surface area contributed by atoms with Crippen LogP contribution in [0.3, 0.4) is 0 Å². The van der Waals surface area contributed by atoms with Crippen LogP contribution in [0, 0.1) is 0 Å². The number of carbonyl (C=O) groups excluding carboxylic acids is 3. The lowest BCUT2D eigenvalue weighted by Gasteiger charge is -2.34. The minimum absolute atomic E-state index is 0.0693. The second-order valence-corrected chi connectivity index (χ2v) is 6.52. The Morgan fingerprint density at radius 3 is 2.43 bits per heavy atom. The molecule has 0 bridgehead atoms. The van der Waals surface area contributed by atoms with Gasteiger partial charge in [-0.05, 0) is 26.1 Å². The quantitative estimate of drug-likeness (QED) is 0.740. The third-order valence-corrected chi connectivity index (χ3v) is 4.33. The summed E-state index contributed by atoms with van der Waals surface area (Å²) < 4.78 is 10.1. The molecule has 154 valence electrons. The Labute approximate surface area is 165 Å². The Morgan fingerprint density at radius 1 is 1.11 bits per heavy atom. The summed E-state index contributed by atoms with van der Waals surface area (Å²) in [6.07, 6.45) is -0.346. The number of rotatable bonds is 7. The van der Waals surface area contributed by atoms with Crippen LogP contribution in [0.4, 0.5) is 10.5 Å². The van der Waals surface area contributed by atoms with Gasteiger partial charge in [-0.1, -0.05) is 6.07 Å². The Hall–Kier alpha value is -2.81. The predicted molar refractivity (Wildman–Crippen MR) is 104 cm³/mol. The van der Waals surface area contributed by atoms with E-state index in [1.807, 2.05) is 0 Å². The van der Waals surface area contributed by atoms with Gasteiger partial charge in [-0.25, -0.2) is 4.79 Å². The van der Waals surface area contributed by atoms with E-state index in [0.717, 1.165) is 0 Å². The van der Waals surface area contributed by atoms with Crippen LogP contribution in [0.25, 0.3) is 0 Å². The summed E-state index contributed by atoms with van der Waals surface area (Å²) >= 11 is 0. The van der Waals surface area contributed by atoms with E-state index in [9.17, 15) is 14.4 Å². The van der Waals surface area contributed by atoms with Crippen LogP contribution in [0.15, 0.2) is 24.3 Å². The van der Waals surface area contributed by atoms with Gasteiger partial charge < -0.3 is 24.6 Å². The Kier molecular flexibility index (Phi) is 8.06. The molecule has 28 heavy (non-hydrogen) atoms. The summed E-state index contributed by atoms with van der Waals surface area (Å²) in [4.78, 5) is 41.3. The number of benzene rings is 1. The lowest BCUT2D eigenvalue weighted by atomic mass is 10.3. The molecule has 1 aromatic rings. The maximum absolute atomic E-state index is 12.4. The molecular formula is C19H28N4O5. The van der Waals surface area contributed by atoms with Crippen LogP contribution in [-0.2, 0) is 14.3 Å². The SMILES string of the molecule is CCOC(=O)N1CCN(C(=O)CN(C)CC(=O)Nc2cccc(OC)c2)CC1. The Balaban J connectivity index is 1.74. The highest BCUT2D eigenvalue weighted by molar-refractivity contribution is 5.92. The van der Waals surface area contributed by atoms with Gasteiger partial charge in [-0.3, -0.25) is 14.5 Å². The van der Waals surface area contributed by atoms with Gasteiger partial charge in [0.2, 0.25) is 11.8 Å². The molecule has 0 atom stereocenters. The minimum atomic E-state index is -0.346. The van der Waals surface area contributed by atoms with Gasteiger partial charge >= 0.3 is 6.09 Å². The molecule has 9 nitrogen and oxygen atoms in total. The van der Waals surface area contributed by atoms with Crippen molar-refractivity contribution in [1.82, 2.24) is 14.7 Å². The second kappa shape index (κ2) is 10.5. The summed E-state index contributed by atoms with van der Waals surface area (Å²) in [6, 6.07) is 7.08. The number of anilines is 1. The van der Waals surface area contributed by atoms with Crippen LogP contribution in [0.1, 0.15) is 6.92 Å². The molecule has 1 aliphatic heterocycles. The highest BCUT2D eigenvalue weighted by Gasteiger charge is 2.25. The second-order valence-electron chi connectivity index (χ2n) is 6.52. The maximum atomic E-state index is 12.4. The van der Waals surface area contributed by atoms with Crippen molar-refractivity contribution in [3.63, 3.8) is 0 Å². The van der Waals surface area contributed by atoms with Gasteiger partial charge in [-0.15, -0.1) is 0 Å². The number of hydrogen-bond donors (Lipinski definition) is 1. The van der Waals surface area contributed by atoms with Gasteiger partial charge in [0.1, 0.15) is 5.75 Å². The van der Waals surface area contributed by atoms with Gasteiger partial charge in [-0.2, -0.15) is 0 Å². The molecule has 1 aromatic carbocycles. The number of hydrogen-bond acceptors (Lipinski definition) is 6. The lowest BCUT2D eigenvalue weighted by molar-refractivity contribution is -0.134. The Bertz CT molecular complexity index is 689. The Morgan fingerprint density at radius 2 is 1.79 bits per heavy atom. The first-order valence-corrected chi connectivity index (χ1v) is 9.24. The maximum Gasteiger partial charge on any atom is 0.409 e. The summed E-state index contributed by atoms with van der Waals surface area (Å²) in [5, 5.41) is 2.79. The average Bonchev–Trinajstić information content (AvgIpc) is 2.68. The van der Waals surface area contributed by atoms with Crippen molar-refractivity contribution in [2.45, 2.75) is 6.92 Å². The fraction of sp³-hybridized carbons (Fsp3) is 0.526. The fourth-order valence-electron chi connectivity index (χ4n) is 2.89. The van der Waals surface area contributed by atoms with Crippen LogP contribution in [0.2, 0.25) is 0 Å². The van der Waals surface area contributed by atoms with Crippen LogP contribution < -0.4 is 10.1 Å². The lowest BCUT2D eigenvalue weighted by Crippen LogP contribution is -2.52. The first-order chi connectivity index (χ1) is 13.4. The zero-order valence-electron chi connectivity index (χ0n) is 16.6. The van der Waals surface area contributed by atoms with Crippen molar-refractivity contribution in [3.8, 4) is 5.75 Å². The van der Waals surface area contributed by atoms with Crippen molar-refractivity contribution < 1.29 is 23.9 Å². The highest BCUT2D eigenvalue weighted by Crippen LogP contribution is 2.16. The number of carbonyl (C=O) groups is 3. The van der Waals surface area contributed by atoms with Crippen molar-refractivity contribution >= 4 is 23.6 Å². The van der Waals surface area contributed by atoms with Crippen molar-refractivity contribution in [2.75, 3.05) is 65.3 Å². The molecule has 1 saturated heterocycles. The average molecular weight is 392 g/mol. The molecule has 9 heteroatoms.